The smallest absolute Gasteiger partial charge is 0.414 e. The van der Waals surface area contributed by atoms with Gasteiger partial charge in [0.15, 0.2) is 0 Å². The molecule has 8 heteroatoms. The van der Waals surface area contributed by atoms with E-state index in [9.17, 15) is 0 Å². The van der Waals surface area contributed by atoms with Crippen molar-refractivity contribution in [1.82, 2.24) is 20.1 Å². The largest absolute Gasteiger partial charge is 0.473 e. The monoisotopic (exact) mass is 452 g/mol. The van der Waals surface area contributed by atoms with Crippen LogP contribution in [0.3, 0.4) is 0 Å². The van der Waals surface area contributed by atoms with Crippen LogP contribution in [0.5, 0.6) is 0 Å². The molecule has 0 aliphatic carbocycles. The van der Waals surface area contributed by atoms with Crippen molar-refractivity contribution in [1.29, 1.82) is 0 Å². The lowest BCUT2D eigenvalue weighted by Gasteiger charge is -2.32. The van der Waals surface area contributed by atoms with Crippen LogP contribution in [0.15, 0.2) is 54.6 Å². The van der Waals surface area contributed by atoms with Crippen molar-refractivity contribution in [2.45, 2.75) is 13.0 Å². The number of hydrogen-bond donors (Lipinski definition) is 4. The number of likely N-dealkylation sites (N-methyl/N-ethyl adjacent to an activating group) is 1. The summed E-state index contributed by atoms with van der Waals surface area (Å²) < 4.78 is 0. The predicted octanol–water partition coefficient (Wildman–Crippen LogP) is 2.72. The van der Waals surface area contributed by atoms with E-state index in [0.717, 1.165) is 13.1 Å². The number of aliphatic carboxylic acids is 2. The van der Waals surface area contributed by atoms with E-state index in [4.69, 9.17) is 19.8 Å². The number of H-pyrrole nitrogens is 1. The molecule has 0 amide bonds. The fourth-order valence-corrected chi connectivity index (χ4v) is 3.95. The maximum Gasteiger partial charge on any atom is 0.414 e. The van der Waals surface area contributed by atoms with E-state index in [1.54, 1.807) is 0 Å². The van der Waals surface area contributed by atoms with Gasteiger partial charge in [0.05, 0.1) is 5.69 Å². The lowest BCUT2D eigenvalue weighted by Crippen LogP contribution is -2.45. The highest BCUT2D eigenvalue weighted by atomic mass is 16.4. The van der Waals surface area contributed by atoms with Gasteiger partial charge in [-0.05, 0) is 43.8 Å². The maximum atomic E-state index is 9.10. The van der Waals surface area contributed by atoms with Gasteiger partial charge in [-0.2, -0.15) is 0 Å². The van der Waals surface area contributed by atoms with Crippen LogP contribution in [-0.2, 0) is 16.1 Å². The summed E-state index contributed by atoms with van der Waals surface area (Å²) in [6.07, 6.45) is 1.20. The van der Waals surface area contributed by atoms with Gasteiger partial charge in [-0.3, -0.25) is 0 Å². The fraction of sp³-hybridized carbons (Fsp3) is 0.360. The van der Waals surface area contributed by atoms with E-state index in [-0.39, 0.29) is 0 Å². The molecule has 0 bridgehead atoms. The van der Waals surface area contributed by atoms with Crippen LogP contribution in [0.25, 0.3) is 22.2 Å². The zero-order chi connectivity index (χ0) is 23.6. The van der Waals surface area contributed by atoms with E-state index in [2.05, 4.69) is 81.7 Å². The molecule has 1 aliphatic rings. The average Bonchev–Trinajstić information content (AvgIpc) is 3.19. The van der Waals surface area contributed by atoms with Crippen LogP contribution >= 0.6 is 0 Å². The number of hydrogen-bond acceptors (Lipinski definition) is 5. The van der Waals surface area contributed by atoms with Crippen LogP contribution < -0.4 is 5.32 Å². The Hall–Kier alpha value is -3.20. The Bertz CT molecular complexity index is 1030. The molecule has 0 unspecified atom stereocenters. The molecule has 33 heavy (non-hydrogen) atoms. The molecule has 176 valence electrons. The first-order chi connectivity index (χ1) is 16.0. The highest BCUT2D eigenvalue weighted by Crippen LogP contribution is 2.30. The number of nitrogens with zero attached hydrogens (tertiary/aromatic N) is 2. The molecule has 8 nitrogen and oxygen atoms in total. The zero-order valence-corrected chi connectivity index (χ0v) is 19.0. The number of fused-ring (bicyclic) bond motifs is 1. The van der Waals surface area contributed by atoms with Crippen molar-refractivity contribution in [3.05, 3.63) is 60.2 Å². The molecule has 1 saturated heterocycles. The van der Waals surface area contributed by atoms with Crippen molar-refractivity contribution >= 4 is 22.8 Å². The number of piperazine rings is 1. The van der Waals surface area contributed by atoms with Gasteiger partial charge in [-0.25, -0.2) is 9.59 Å². The zero-order valence-electron chi connectivity index (χ0n) is 19.0. The number of carboxylic acids is 2. The first kappa shape index (κ1) is 24.4. The minimum absolute atomic E-state index is 0.900. The summed E-state index contributed by atoms with van der Waals surface area (Å²) >= 11 is 0. The van der Waals surface area contributed by atoms with Crippen LogP contribution in [0.4, 0.5) is 0 Å². The molecule has 2 heterocycles. The van der Waals surface area contributed by atoms with Crippen LogP contribution in [0.2, 0.25) is 0 Å². The number of rotatable bonds is 7. The predicted molar refractivity (Wildman–Crippen MR) is 129 cm³/mol. The normalized spacial score (nSPS) is 14.6. The molecule has 0 spiro atoms. The number of carboxylic acid groups (broad SMARTS) is 2. The second-order valence-electron chi connectivity index (χ2n) is 8.18. The number of nitrogens with one attached hydrogen (secondary N) is 2. The van der Waals surface area contributed by atoms with Gasteiger partial charge in [-0.15, -0.1) is 0 Å². The Balaban J connectivity index is 0.000000454. The van der Waals surface area contributed by atoms with Crippen molar-refractivity contribution in [2.24, 2.45) is 0 Å². The second-order valence-corrected chi connectivity index (χ2v) is 8.18. The number of aromatic amines is 1. The molecule has 1 aromatic heterocycles. The van der Waals surface area contributed by atoms with Crippen molar-refractivity contribution in [3.63, 3.8) is 0 Å². The van der Waals surface area contributed by atoms with Gasteiger partial charge in [-0.1, -0.05) is 48.5 Å². The summed E-state index contributed by atoms with van der Waals surface area (Å²) in [5, 5.41) is 19.8. The molecule has 2 aromatic carbocycles. The highest BCUT2D eigenvalue weighted by Gasteiger charge is 2.14. The molecule has 0 radical (unpaired) electrons. The molecular weight excluding hydrogens is 420 g/mol. The summed E-state index contributed by atoms with van der Waals surface area (Å²) in [5.74, 6) is -3.65. The second kappa shape index (κ2) is 12.2. The van der Waals surface area contributed by atoms with Gasteiger partial charge < -0.3 is 30.3 Å². The van der Waals surface area contributed by atoms with Crippen LogP contribution in [0.1, 0.15) is 12.0 Å². The molecule has 1 fully saturated rings. The number of benzene rings is 2. The number of aromatic nitrogens is 1. The molecule has 4 N–H and O–H groups in total. The number of para-hydroxylation sites is 1. The molecule has 1 aliphatic heterocycles. The van der Waals surface area contributed by atoms with Crippen molar-refractivity contribution < 1.29 is 19.8 Å². The van der Waals surface area contributed by atoms with E-state index >= 15 is 0 Å². The summed E-state index contributed by atoms with van der Waals surface area (Å²) in [7, 11) is 2.21. The number of carbonyl (C=O) groups is 2. The Morgan fingerprint density at radius 2 is 1.58 bits per heavy atom. The van der Waals surface area contributed by atoms with Gasteiger partial charge in [0.1, 0.15) is 0 Å². The summed E-state index contributed by atoms with van der Waals surface area (Å²) in [6.45, 7) is 7.96. The maximum absolute atomic E-state index is 9.10. The van der Waals surface area contributed by atoms with E-state index in [1.165, 1.54) is 66.9 Å². The quantitative estimate of drug-likeness (QED) is 0.322. The van der Waals surface area contributed by atoms with Crippen LogP contribution in [-0.4, -0.2) is 83.3 Å². The van der Waals surface area contributed by atoms with Crippen molar-refractivity contribution in [2.75, 3.05) is 46.3 Å². The Morgan fingerprint density at radius 3 is 2.24 bits per heavy atom. The third-order valence-corrected chi connectivity index (χ3v) is 5.78. The SMILES string of the molecule is CN1CCN(CCCNCc2c(-c3ccccc3)[nH]c3ccccc23)CC1.O=C(O)C(=O)O. The first-order valence-electron chi connectivity index (χ1n) is 11.2. The molecule has 0 atom stereocenters. The lowest BCUT2D eigenvalue weighted by molar-refractivity contribution is -0.159. The van der Waals surface area contributed by atoms with Crippen LogP contribution in [0, 0.1) is 0 Å². The molecule has 0 saturated carbocycles. The minimum atomic E-state index is -1.82. The summed E-state index contributed by atoms with van der Waals surface area (Å²) in [4.78, 5) is 26.8. The summed E-state index contributed by atoms with van der Waals surface area (Å²) in [5.41, 5.74) is 5.08. The molecule has 3 aromatic rings. The highest BCUT2D eigenvalue weighted by molar-refractivity contribution is 6.27. The summed E-state index contributed by atoms with van der Waals surface area (Å²) in [6, 6.07) is 19.3. The minimum Gasteiger partial charge on any atom is -0.473 e. The Morgan fingerprint density at radius 1 is 0.939 bits per heavy atom. The van der Waals surface area contributed by atoms with Gasteiger partial charge in [0, 0.05) is 43.6 Å². The Labute approximate surface area is 193 Å². The fourth-order valence-electron chi connectivity index (χ4n) is 3.95. The topological polar surface area (TPSA) is 109 Å². The molecule has 4 rings (SSSR count). The van der Waals surface area contributed by atoms with Crippen molar-refractivity contribution in [3.8, 4) is 11.3 Å². The standard InChI is InChI=1S/C23H30N4.C2H2O4/c1-26-14-16-27(17-15-26)13-7-12-24-18-21-20-10-5-6-11-22(20)25-23(21)19-8-3-2-4-9-19;3-1(4)2(5)6/h2-6,8-11,24-25H,7,12-18H2,1H3;(H,3,4)(H,5,6). The first-order valence-corrected chi connectivity index (χ1v) is 11.2. The van der Waals surface area contributed by atoms with E-state index in [1.807, 2.05) is 0 Å². The van der Waals surface area contributed by atoms with Gasteiger partial charge in [0.25, 0.3) is 0 Å². The van der Waals surface area contributed by atoms with E-state index in [0.29, 0.717) is 0 Å². The lowest BCUT2D eigenvalue weighted by atomic mass is 10.1. The molecular formula is C25H32N4O4. The van der Waals surface area contributed by atoms with Gasteiger partial charge in [0.2, 0.25) is 0 Å². The van der Waals surface area contributed by atoms with Gasteiger partial charge >= 0.3 is 11.9 Å². The van der Waals surface area contributed by atoms with E-state index < -0.39 is 11.9 Å². The third-order valence-electron chi connectivity index (χ3n) is 5.78. The third kappa shape index (κ3) is 7.15. The average molecular weight is 453 g/mol. The Kier molecular flexibility index (Phi) is 9.00.